The first-order chi connectivity index (χ1) is 13.5. The number of halogens is 1. The van der Waals surface area contributed by atoms with Crippen molar-refractivity contribution in [2.45, 2.75) is 18.9 Å². The van der Waals surface area contributed by atoms with Crippen LogP contribution in [0.1, 0.15) is 23.2 Å². The summed E-state index contributed by atoms with van der Waals surface area (Å²) in [6, 6.07) is 7.38. The molecule has 8 nitrogen and oxygen atoms in total. The van der Waals surface area contributed by atoms with Crippen LogP contribution in [0.4, 0.5) is 0 Å². The molecule has 1 N–H and O–H groups in total. The molecule has 4 rings (SSSR count). The molecule has 1 saturated heterocycles. The second-order valence-corrected chi connectivity index (χ2v) is 7.90. The Morgan fingerprint density at radius 2 is 1.64 bits per heavy atom. The van der Waals surface area contributed by atoms with Gasteiger partial charge in [-0.2, -0.15) is 5.10 Å². The first kappa shape index (κ1) is 18.7. The minimum Gasteiger partial charge on any atom is -0.345 e. The van der Waals surface area contributed by atoms with Crippen LogP contribution in [0, 0.1) is 0 Å². The zero-order chi connectivity index (χ0) is 19.7. The van der Waals surface area contributed by atoms with Gasteiger partial charge in [0.25, 0.3) is 5.91 Å². The highest BCUT2D eigenvalue weighted by atomic mass is 79.9. The van der Waals surface area contributed by atoms with Crippen molar-refractivity contribution in [3.63, 3.8) is 0 Å². The van der Waals surface area contributed by atoms with Gasteiger partial charge in [-0.25, -0.2) is 4.68 Å². The Kier molecular flexibility index (Phi) is 5.17. The van der Waals surface area contributed by atoms with E-state index in [1.165, 1.54) is 4.90 Å². The number of hydrogen-bond donors (Lipinski definition) is 1. The van der Waals surface area contributed by atoms with Crippen LogP contribution in [0.15, 0.2) is 41.1 Å². The molecular weight excluding hydrogens is 426 g/mol. The predicted octanol–water partition coefficient (Wildman–Crippen LogP) is 1.20. The Balaban J connectivity index is 1.33. The number of amides is 3. The predicted molar refractivity (Wildman–Crippen MR) is 105 cm³/mol. The van der Waals surface area contributed by atoms with Gasteiger partial charge < -0.3 is 15.1 Å². The van der Waals surface area contributed by atoms with Crippen LogP contribution in [0.3, 0.4) is 0 Å². The third-order valence-electron chi connectivity index (χ3n) is 4.89. The van der Waals surface area contributed by atoms with E-state index in [4.69, 9.17) is 0 Å². The fourth-order valence-electron chi connectivity index (χ4n) is 3.11. The standard InChI is InChI=1S/C19H20BrN5O3/c20-14-11-21-25(12-14)16-5-1-13(2-6-16)18(27)23-7-9-24(10-8-23)19(28)17(26)22-15-3-4-15/h1-2,5-6,11-12,15H,3-4,7-10H2,(H,22,26). The summed E-state index contributed by atoms with van der Waals surface area (Å²) in [7, 11) is 0. The van der Waals surface area contributed by atoms with Gasteiger partial charge in [0.15, 0.2) is 0 Å². The molecule has 28 heavy (non-hydrogen) atoms. The summed E-state index contributed by atoms with van der Waals surface area (Å²) < 4.78 is 2.60. The smallest absolute Gasteiger partial charge is 0.312 e. The van der Waals surface area contributed by atoms with E-state index in [-0.39, 0.29) is 11.9 Å². The molecule has 2 fully saturated rings. The SMILES string of the molecule is O=C(NC1CC1)C(=O)N1CCN(C(=O)c2ccc(-n3cc(Br)cn3)cc2)CC1. The van der Waals surface area contributed by atoms with Crippen LogP contribution < -0.4 is 5.32 Å². The van der Waals surface area contributed by atoms with Crippen molar-refractivity contribution in [2.24, 2.45) is 0 Å². The van der Waals surface area contributed by atoms with Gasteiger partial charge in [-0.1, -0.05) is 0 Å². The Hall–Kier alpha value is -2.68. The summed E-state index contributed by atoms with van der Waals surface area (Å²) in [6.45, 7) is 1.55. The maximum atomic E-state index is 12.7. The number of piperazine rings is 1. The molecule has 9 heteroatoms. The van der Waals surface area contributed by atoms with E-state index >= 15 is 0 Å². The largest absolute Gasteiger partial charge is 0.345 e. The molecule has 2 aliphatic rings. The summed E-state index contributed by atoms with van der Waals surface area (Å²) in [6.07, 6.45) is 5.42. The highest BCUT2D eigenvalue weighted by Crippen LogP contribution is 2.19. The van der Waals surface area contributed by atoms with Gasteiger partial charge in [-0.15, -0.1) is 0 Å². The second-order valence-electron chi connectivity index (χ2n) is 6.98. The molecule has 146 valence electrons. The van der Waals surface area contributed by atoms with Gasteiger partial charge in [0.1, 0.15) is 0 Å². The van der Waals surface area contributed by atoms with Crippen molar-refractivity contribution in [1.82, 2.24) is 24.9 Å². The maximum absolute atomic E-state index is 12.7. The molecule has 0 unspecified atom stereocenters. The van der Waals surface area contributed by atoms with Crippen molar-refractivity contribution in [3.05, 3.63) is 46.7 Å². The molecule has 0 bridgehead atoms. The Bertz CT molecular complexity index is 899. The van der Waals surface area contributed by atoms with Gasteiger partial charge in [-0.3, -0.25) is 14.4 Å². The zero-order valence-electron chi connectivity index (χ0n) is 15.2. The summed E-state index contributed by atoms with van der Waals surface area (Å²) in [5.41, 5.74) is 1.44. The zero-order valence-corrected chi connectivity index (χ0v) is 16.8. The number of carbonyl (C=O) groups is 3. The lowest BCUT2D eigenvalue weighted by molar-refractivity contribution is -0.146. The average molecular weight is 446 g/mol. The third-order valence-corrected chi connectivity index (χ3v) is 5.30. The topological polar surface area (TPSA) is 87.5 Å². The van der Waals surface area contributed by atoms with Crippen LogP contribution in [-0.4, -0.2) is 69.5 Å². The van der Waals surface area contributed by atoms with E-state index in [2.05, 4.69) is 26.3 Å². The number of carbonyl (C=O) groups excluding carboxylic acids is 3. The van der Waals surface area contributed by atoms with Crippen LogP contribution >= 0.6 is 15.9 Å². The quantitative estimate of drug-likeness (QED) is 0.718. The lowest BCUT2D eigenvalue weighted by atomic mass is 10.1. The molecular formula is C19H20BrN5O3. The van der Waals surface area contributed by atoms with Crippen LogP contribution in [0.5, 0.6) is 0 Å². The number of nitrogens with zero attached hydrogens (tertiary/aromatic N) is 4. The van der Waals surface area contributed by atoms with E-state index in [1.54, 1.807) is 27.9 Å². The van der Waals surface area contributed by atoms with E-state index in [1.807, 2.05) is 18.3 Å². The number of aromatic nitrogens is 2. The first-order valence-electron chi connectivity index (χ1n) is 9.21. The highest BCUT2D eigenvalue weighted by molar-refractivity contribution is 9.10. The normalized spacial score (nSPS) is 16.8. The van der Waals surface area contributed by atoms with Gasteiger partial charge in [-0.05, 0) is 53.0 Å². The van der Waals surface area contributed by atoms with Crippen LogP contribution in [0.2, 0.25) is 0 Å². The van der Waals surface area contributed by atoms with Crippen LogP contribution in [-0.2, 0) is 9.59 Å². The minimum absolute atomic E-state index is 0.0808. The van der Waals surface area contributed by atoms with Gasteiger partial charge in [0.05, 0.1) is 16.4 Å². The molecule has 2 heterocycles. The molecule has 1 aromatic heterocycles. The second kappa shape index (κ2) is 7.75. The number of hydrogen-bond acceptors (Lipinski definition) is 4. The molecule has 3 amide bonds. The van der Waals surface area contributed by atoms with Crippen molar-refractivity contribution < 1.29 is 14.4 Å². The fourth-order valence-corrected chi connectivity index (χ4v) is 3.40. The lowest BCUT2D eigenvalue weighted by Crippen LogP contribution is -2.54. The Morgan fingerprint density at radius 1 is 1.00 bits per heavy atom. The Morgan fingerprint density at radius 3 is 2.21 bits per heavy atom. The van der Waals surface area contributed by atoms with Gasteiger partial charge in [0.2, 0.25) is 0 Å². The molecule has 0 radical (unpaired) electrons. The molecule has 1 aromatic carbocycles. The number of nitrogens with one attached hydrogen (secondary N) is 1. The molecule has 0 atom stereocenters. The maximum Gasteiger partial charge on any atom is 0.312 e. The van der Waals surface area contributed by atoms with Gasteiger partial charge >= 0.3 is 11.8 Å². The van der Waals surface area contributed by atoms with Crippen molar-refractivity contribution in [1.29, 1.82) is 0 Å². The van der Waals surface area contributed by atoms with Crippen molar-refractivity contribution >= 4 is 33.7 Å². The lowest BCUT2D eigenvalue weighted by Gasteiger charge is -2.34. The summed E-state index contributed by atoms with van der Waals surface area (Å²) in [4.78, 5) is 40.0. The first-order valence-corrected chi connectivity index (χ1v) is 10.0. The average Bonchev–Trinajstić information content (AvgIpc) is 3.44. The molecule has 1 aliphatic heterocycles. The monoisotopic (exact) mass is 445 g/mol. The summed E-state index contributed by atoms with van der Waals surface area (Å²) >= 11 is 3.36. The fraction of sp³-hybridized carbons (Fsp3) is 0.368. The molecule has 0 spiro atoms. The third kappa shape index (κ3) is 4.09. The van der Waals surface area contributed by atoms with Crippen LogP contribution in [0.25, 0.3) is 5.69 Å². The van der Waals surface area contributed by atoms with E-state index in [9.17, 15) is 14.4 Å². The van der Waals surface area contributed by atoms with Gasteiger partial charge in [0, 0.05) is 44.0 Å². The molecule has 1 saturated carbocycles. The highest BCUT2D eigenvalue weighted by Gasteiger charge is 2.31. The molecule has 1 aliphatic carbocycles. The summed E-state index contributed by atoms with van der Waals surface area (Å²) in [5, 5.41) is 6.93. The molecule has 2 aromatic rings. The van der Waals surface area contributed by atoms with E-state index < -0.39 is 11.8 Å². The minimum atomic E-state index is -0.539. The number of rotatable bonds is 3. The summed E-state index contributed by atoms with van der Waals surface area (Å²) in [5.74, 6) is -1.13. The Labute approximate surface area is 170 Å². The van der Waals surface area contributed by atoms with E-state index in [0.29, 0.717) is 31.7 Å². The van der Waals surface area contributed by atoms with Crippen molar-refractivity contribution in [3.8, 4) is 5.69 Å². The van der Waals surface area contributed by atoms with E-state index in [0.717, 1.165) is 23.0 Å². The number of benzene rings is 1. The van der Waals surface area contributed by atoms with Crippen molar-refractivity contribution in [2.75, 3.05) is 26.2 Å².